The first-order valence-corrected chi connectivity index (χ1v) is 5.58. The molecule has 2 aromatic carbocycles. The molecule has 0 aliphatic rings. The van der Waals surface area contributed by atoms with E-state index in [1.54, 1.807) is 12.1 Å². The van der Waals surface area contributed by atoms with Crippen molar-refractivity contribution in [2.75, 3.05) is 0 Å². The van der Waals surface area contributed by atoms with Crippen molar-refractivity contribution in [3.05, 3.63) is 60.0 Å². The Bertz CT molecular complexity index is 665. The maximum absolute atomic E-state index is 12.9. The molecule has 0 aliphatic carbocycles. The molecule has 84 valence electrons. The van der Waals surface area contributed by atoms with Crippen molar-refractivity contribution in [3.8, 4) is 11.1 Å². The van der Waals surface area contributed by atoms with E-state index in [0.29, 0.717) is 0 Å². The van der Waals surface area contributed by atoms with Crippen LogP contribution in [0.5, 0.6) is 0 Å². The first-order valence-electron chi connectivity index (χ1n) is 5.58. The molecular weight excluding hydrogens is 213 g/mol. The number of hydrogen-bond acceptors (Lipinski definition) is 0. The normalized spacial score (nSPS) is 10.9. The van der Waals surface area contributed by atoms with Gasteiger partial charge >= 0.3 is 0 Å². The Morgan fingerprint density at radius 3 is 2.53 bits per heavy atom. The fourth-order valence-electron chi connectivity index (χ4n) is 2.11. The number of aromatic amines is 1. The van der Waals surface area contributed by atoms with E-state index in [-0.39, 0.29) is 5.82 Å². The zero-order valence-corrected chi connectivity index (χ0v) is 9.50. The second-order valence-electron chi connectivity index (χ2n) is 4.26. The predicted molar refractivity (Wildman–Crippen MR) is 68.4 cm³/mol. The van der Waals surface area contributed by atoms with Crippen molar-refractivity contribution < 1.29 is 4.39 Å². The molecule has 3 aromatic rings. The van der Waals surface area contributed by atoms with Gasteiger partial charge in [0.1, 0.15) is 5.82 Å². The molecule has 0 aliphatic heterocycles. The minimum atomic E-state index is -0.204. The highest BCUT2D eigenvalue weighted by atomic mass is 19.1. The number of fused-ring (bicyclic) bond motifs is 1. The third kappa shape index (κ3) is 1.72. The lowest BCUT2D eigenvalue weighted by atomic mass is 10.0. The van der Waals surface area contributed by atoms with Gasteiger partial charge in [-0.05, 0) is 36.2 Å². The van der Waals surface area contributed by atoms with E-state index in [1.165, 1.54) is 23.1 Å². The Kier molecular flexibility index (Phi) is 2.22. The van der Waals surface area contributed by atoms with Gasteiger partial charge in [0, 0.05) is 22.7 Å². The minimum Gasteiger partial charge on any atom is -0.361 e. The number of rotatable bonds is 1. The summed E-state index contributed by atoms with van der Waals surface area (Å²) in [5, 5.41) is 1.17. The van der Waals surface area contributed by atoms with Gasteiger partial charge in [-0.3, -0.25) is 0 Å². The van der Waals surface area contributed by atoms with E-state index in [1.807, 2.05) is 6.20 Å². The monoisotopic (exact) mass is 225 g/mol. The maximum atomic E-state index is 12.9. The van der Waals surface area contributed by atoms with Gasteiger partial charge in [0.2, 0.25) is 0 Å². The fourth-order valence-corrected chi connectivity index (χ4v) is 2.11. The Labute approximate surface area is 98.9 Å². The van der Waals surface area contributed by atoms with Crippen LogP contribution in [0.1, 0.15) is 5.56 Å². The number of aromatic nitrogens is 1. The molecule has 0 amide bonds. The third-order valence-corrected chi connectivity index (χ3v) is 2.99. The highest BCUT2D eigenvalue weighted by Gasteiger charge is 2.05. The predicted octanol–water partition coefficient (Wildman–Crippen LogP) is 4.28. The Morgan fingerprint density at radius 1 is 1.00 bits per heavy atom. The summed E-state index contributed by atoms with van der Waals surface area (Å²) in [4.78, 5) is 3.25. The summed E-state index contributed by atoms with van der Waals surface area (Å²) in [6.45, 7) is 2.07. The highest BCUT2D eigenvalue weighted by molar-refractivity contribution is 5.95. The largest absolute Gasteiger partial charge is 0.361 e. The van der Waals surface area contributed by atoms with Crippen LogP contribution in [0.2, 0.25) is 0 Å². The quantitative estimate of drug-likeness (QED) is 0.636. The Hall–Kier alpha value is -2.09. The second-order valence-corrected chi connectivity index (χ2v) is 4.26. The summed E-state index contributed by atoms with van der Waals surface area (Å²) in [5.41, 5.74) is 4.48. The zero-order valence-electron chi connectivity index (χ0n) is 9.50. The smallest absolute Gasteiger partial charge is 0.123 e. The molecular formula is C15H12FN. The van der Waals surface area contributed by atoms with E-state index in [0.717, 1.165) is 16.6 Å². The van der Waals surface area contributed by atoms with Crippen molar-refractivity contribution in [3.63, 3.8) is 0 Å². The molecule has 3 rings (SSSR count). The van der Waals surface area contributed by atoms with Gasteiger partial charge in [-0.2, -0.15) is 0 Å². The van der Waals surface area contributed by atoms with Gasteiger partial charge in [0.05, 0.1) is 0 Å². The topological polar surface area (TPSA) is 15.8 Å². The number of benzene rings is 2. The average molecular weight is 225 g/mol. The van der Waals surface area contributed by atoms with Gasteiger partial charge in [-0.1, -0.05) is 24.3 Å². The Morgan fingerprint density at radius 2 is 1.76 bits per heavy atom. The summed E-state index contributed by atoms with van der Waals surface area (Å²) < 4.78 is 12.9. The molecule has 0 radical (unpaired) electrons. The molecule has 17 heavy (non-hydrogen) atoms. The highest BCUT2D eigenvalue weighted by Crippen LogP contribution is 2.29. The molecule has 0 unspecified atom stereocenters. The van der Waals surface area contributed by atoms with Crippen LogP contribution in [0.4, 0.5) is 4.39 Å². The van der Waals surface area contributed by atoms with Crippen molar-refractivity contribution in [1.29, 1.82) is 0 Å². The lowest BCUT2D eigenvalue weighted by molar-refractivity contribution is 0.628. The van der Waals surface area contributed by atoms with Gasteiger partial charge in [-0.15, -0.1) is 0 Å². The van der Waals surface area contributed by atoms with E-state index in [2.05, 4.69) is 30.1 Å². The zero-order chi connectivity index (χ0) is 11.8. The van der Waals surface area contributed by atoms with Crippen LogP contribution in [0, 0.1) is 12.7 Å². The molecule has 1 aromatic heterocycles. The second kappa shape index (κ2) is 3.74. The Balaban J connectivity index is 2.21. The molecule has 1 nitrogen and oxygen atoms in total. The van der Waals surface area contributed by atoms with Gasteiger partial charge in [0.25, 0.3) is 0 Å². The van der Waals surface area contributed by atoms with Crippen LogP contribution in [-0.2, 0) is 0 Å². The maximum Gasteiger partial charge on any atom is 0.123 e. The molecule has 2 heteroatoms. The van der Waals surface area contributed by atoms with E-state index in [4.69, 9.17) is 0 Å². The molecule has 0 atom stereocenters. The summed E-state index contributed by atoms with van der Waals surface area (Å²) >= 11 is 0. The number of nitrogens with one attached hydrogen (secondary N) is 1. The van der Waals surface area contributed by atoms with Crippen LogP contribution in [0.3, 0.4) is 0 Å². The number of hydrogen-bond donors (Lipinski definition) is 1. The number of H-pyrrole nitrogens is 1. The van der Waals surface area contributed by atoms with Crippen LogP contribution in [-0.4, -0.2) is 4.98 Å². The molecule has 0 fully saturated rings. The summed E-state index contributed by atoms with van der Waals surface area (Å²) in [7, 11) is 0. The van der Waals surface area contributed by atoms with Gasteiger partial charge in [-0.25, -0.2) is 4.39 Å². The van der Waals surface area contributed by atoms with Crippen molar-refractivity contribution >= 4 is 10.9 Å². The molecule has 0 spiro atoms. The van der Waals surface area contributed by atoms with Gasteiger partial charge < -0.3 is 4.98 Å². The van der Waals surface area contributed by atoms with E-state index in [9.17, 15) is 4.39 Å². The third-order valence-electron chi connectivity index (χ3n) is 2.99. The summed E-state index contributed by atoms with van der Waals surface area (Å²) in [6.07, 6.45) is 1.97. The molecule has 0 bridgehead atoms. The lowest BCUT2D eigenvalue weighted by Crippen LogP contribution is -1.77. The van der Waals surface area contributed by atoms with Crippen LogP contribution >= 0.6 is 0 Å². The average Bonchev–Trinajstić information content (AvgIpc) is 2.73. The van der Waals surface area contributed by atoms with Crippen molar-refractivity contribution in [2.45, 2.75) is 6.92 Å². The molecule has 0 saturated heterocycles. The first kappa shape index (κ1) is 10.1. The number of aryl methyl sites for hydroxylation is 1. The molecule has 1 heterocycles. The van der Waals surface area contributed by atoms with Crippen molar-refractivity contribution in [2.24, 2.45) is 0 Å². The van der Waals surface area contributed by atoms with E-state index < -0.39 is 0 Å². The number of halogens is 1. The lowest BCUT2D eigenvalue weighted by Gasteiger charge is -2.00. The standard InChI is InChI=1S/C15H12FN/c1-10-2-7-13-14(9-17-15(13)8-10)11-3-5-12(16)6-4-11/h2-9,17H,1H3. The van der Waals surface area contributed by atoms with E-state index >= 15 is 0 Å². The fraction of sp³-hybridized carbons (Fsp3) is 0.0667. The van der Waals surface area contributed by atoms with Crippen LogP contribution in [0.25, 0.3) is 22.0 Å². The SMILES string of the molecule is Cc1ccc2c(-c3ccc(F)cc3)c[nH]c2c1. The van der Waals surface area contributed by atoms with Crippen LogP contribution in [0.15, 0.2) is 48.7 Å². The minimum absolute atomic E-state index is 0.204. The van der Waals surface area contributed by atoms with Crippen molar-refractivity contribution in [1.82, 2.24) is 4.98 Å². The summed E-state index contributed by atoms with van der Waals surface area (Å²) in [5.74, 6) is -0.204. The summed E-state index contributed by atoms with van der Waals surface area (Å²) in [6, 6.07) is 12.9. The van der Waals surface area contributed by atoms with Gasteiger partial charge in [0.15, 0.2) is 0 Å². The van der Waals surface area contributed by atoms with Crippen LogP contribution < -0.4 is 0 Å². The first-order chi connectivity index (χ1) is 8.24. The molecule has 1 N–H and O–H groups in total. The molecule has 0 saturated carbocycles.